The summed E-state index contributed by atoms with van der Waals surface area (Å²) in [7, 11) is 0. The largest absolute Gasteiger partial charge is 0.222 e. The van der Waals surface area contributed by atoms with E-state index >= 15 is 0 Å². The highest BCUT2D eigenvalue weighted by atomic mass is 32.2. The van der Waals surface area contributed by atoms with Gasteiger partial charge in [-0.15, -0.1) is 16.9 Å². The van der Waals surface area contributed by atoms with E-state index in [1.807, 2.05) is 6.26 Å². The van der Waals surface area contributed by atoms with Gasteiger partial charge in [0.25, 0.3) is 0 Å². The summed E-state index contributed by atoms with van der Waals surface area (Å²) in [6.07, 6.45) is 4.54. The molecule has 0 aromatic carbocycles. The molecule has 0 aliphatic heterocycles. The normalized spacial score (nSPS) is 9.62. The van der Waals surface area contributed by atoms with Gasteiger partial charge < -0.3 is 0 Å². The zero-order valence-electron chi connectivity index (χ0n) is 4.40. The van der Waals surface area contributed by atoms with Crippen molar-refractivity contribution in [3.63, 3.8) is 0 Å². The van der Waals surface area contributed by atoms with Crippen molar-refractivity contribution >= 4 is 11.8 Å². The molecule has 1 heterocycles. The third-order valence-corrected chi connectivity index (χ3v) is 1.11. The van der Waals surface area contributed by atoms with E-state index in [2.05, 4.69) is 21.9 Å². The van der Waals surface area contributed by atoms with Gasteiger partial charge in [-0.3, -0.25) is 0 Å². The van der Waals surface area contributed by atoms with Gasteiger partial charge in [-0.25, -0.2) is 4.68 Å². The number of nitrogens with zero attached hydrogens (tertiary/aromatic N) is 4. The Hall–Kier alpha value is -0.580. The molecule has 5 heteroatoms. The Labute approximate surface area is 51.3 Å². The first-order valence-corrected chi connectivity index (χ1v) is 3.45. The van der Waals surface area contributed by atoms with E-state index in [9.17, 15) is 0 Å². The van der Waals surface area contributed by atoms with Gasteiger partial charge in [-0.2, -0.15) is 0 Å². The zero-order valence-corrected chi connectivity index (χ0v) is 5.22. The van der Waals surface area contributed by atoms with Crippen molar-refractivity contribution in [3.8, 4) is 0 Å². The van der Waals surface area contributed by atoms with Crippen LogP contribution in [0.3, 0.4) is 0 Å². The lowest BCUT2D eigenvalue weighted by Gasteiger charge is -1.88. The predicted octanol–water partition coefficient (Wildman–Crippen LogP) is -0.206. The summed E-state index contributed by atoms with van der Waals surface area (Å²) in [5.74, 6) is 0.771. The van der Waals surface area contributed by atoms with Crippen LogP contribution in [0.2, 0.25) is 0 Å². The van der Waals surface area contributed by atoms with Crippen molar-refractivity contribution in [2.75, 3.05) is 6.26 Å². The minimum absolute atomic E-state index is 0.771. The lowest BCUT2D eigenvalue weighted by atomic mass is 11.2. The summed E-state index contributed by atoms with van der Waals surface area (Å²) in [4.78, 5) is 0. The van der Waals surface area contributed by atoms with Crippen molar-refractivity contribution in [2.24, 2.45) is 0 Å². The average molecular weight is 129 g/mol. The van der Waals surface area contributed by atoms with Gasteiger partial charge >= 0.3 is 0 Å². The summed E-state index contributed by atoms with van der Waals surface area (Å²) in [5, 5.41) is 10.3. The number of tetrazole rings is 1. The molecular formula is C3H5N4S. The lowest BCUT2D eigenvalue weighted by molar-refractivity contribution is 0.695. The van der Waals surface area contributed by atoms with Gasteiger partial charge in [0.1, 0.15) is 0 Å². The average Bonchev–Trinajstić information content (AvgIpc) is 2.19. The highest BCUT2D eigenvalue weighted by molar-refractivity contribution is 7.97. The Kier molecular flexibility index (Phi) is 1.85. The third kappa shape index (κ3) is 1.19. The Morgan fingerprint density at radius 3 is 3.12 bits per heavy atom. The second-order valence-corrected chi connectivity index (χ2v) is 2.03. The van der Waals surface area contributed by atoms with Crippen LogP contribution in [-0.4, -0.2) is 26.5 Å². The lowest BCUT2D eigenvalue weighted by Crippen LogP contribution is -1.93. The number of aromatic nitrogens is 4. The van der Waals surface area contributed by atoms with Gasteiger partial charge in [-0.1, -0.05) is 0 Å². The molecule has 4 nitrogen and oxygen atoms in total. The van der Waals surface area contributed by atoms with Crippen LogP contribution in [0.25, 0.3) is 0 Å². The molecule has 1 aromatic heterocycles. The first-order valence-electron chi connectivity index (χ1n) is 2.06. The van der Waals surface area contributed by atoms with E-state index in [4.69, 9.17) is 0 Å². The molecule has 0 N–H and O–H groups in total. The van der Waals surface area contributed by atoms with Crippen LogP contribution in [0.1, 0.15) is 0 Å². The Morgan fingerprint density at radius 2 is 2.62 bits per heavy atom. The molecule has 8 heavy (non-hydrogen) atoms. The van der Waals surface area contributed by atoms with Gasteiger partial charge in [0.05, 0.1) is 5.88 Å². The summed E-state index contributed by atoms with van der Waals surface area (Å²) in [6.45, 7) is 0. The molecule has 0 spiro atoms. The molecule has 0 atom stereocenters. The topological polar surface area (TPSA) is 43.6 Å². The minimum Gasteiger partial charge on any atom is -0.213 e. The van der Waals surface area contributed by atoms with Crippen LogP contribution in [0.4, 0.5) is 0 Å². The van der Waals surface area contributed by atoms with E-state index in [1.165, 1.54) is 0 Å². The zero-order chi connectivity index (χ0) is 5.82. The third-order valence-electron chi connectivity index (χ3n) is 0.604. The number of hydrogen-bond acceptors (Lipinski definition) is 4. The molecule has 1 radical (unpaired) electrons. The van der Waals surface area contributed by atoms with Crippen molar-refractivity contribution < 1.29 is 0 Å². The van der Waals surface area contributed by atoms with Crippen LogP contribution in [-0.2, 0) is 5.88 Å². The molecule has 1 rings (SSSR count). The first kappa shape index (κ1) is 5.55. The smallest absolute Gasteiger partial charge is 0.213 e. The fourth-order valence-electron chi connectivity index (χ4n) is 0.337. The fourth-order valence-corrected chi connectivity index (χ4v) is 0.691. The maximum Gasteiger partial charge on any atom is 0.222 e. The summed E-state index contributed by atoms with van der Waals surface area (Å²) < 4.78 is 1.55. The summed E-state index contributed by atoms with van der Waals surface area (Å²) in [5.41, 5.74) is 0. The highest BCUT2D eigenvalue weighted by Crippen LogP contribution is 1.92. The second-order valence-electron chi connectivity index (χ2n) is 1.20. The number of rotatable bonds is 2. The second kappa shape index (κ2) is 2.66. The fraction of sp³-hybridized carbons (Fsp3) is 0.667. The van der Waals surface area contributed by atoms with Crippen molar-refractivity contribution in [3.05, 3.63) is 6.33 Å². The van der Waals surface area contributed by atoms with Crippen molar-refractivity contribution in [1.29, 1.82) is 0 Å². The maximum absolute atomic E-state index is 3.59. The number of thioether (sulfide) groups is 1. The Bertz CT molecular complexity index is 137. The van der Waals surface area contributed by atoms with Crippen LogP contribution in [0, 0.1) is 6.33 Å². The molecule has 0 fully saturated rings. The van der Waals surface area contributed by atoms with E-state index in [1.54, 1.807) is 16.4 Å². The van der Waals surface area contributed by atoms with Crippen LogP contribution >= 0.6 is 11.8 Å². The molecule has 0 aliphatic carbocycles. The van der Waals surface area contributed by atoms with E-state index in [0.717, 1.165) is 5.88 Å². The van der Waals surface area contributed by atoms with E-state index in [0.29, 0.717) is 0 Å². The Morgan fingerprint density at radius 1 is 1.75 bits per heavy atom. The molecular weight excluding hydrogens is 124 g/mol. The van der Waals surface area contributed by atoms with Crippen LogP contribution in [0.5, 0.6) is 0 Å². The van der Waals surface area contributed by atoms with Gasteiger partial charge in [0, 0.05) is 0 Å². The van der Waals surface area contributed by atoms with Gasteiger partial charge in [0.2, 0.25) is 6.33 Å². The first-order chi connectivity index (χ1) is 3.93. The van der Waals surface area contributed by atoms with Crippen molar-refractivity contribution in [2.45, 2.75) is 5.88 Å². The van der Waals surface area contributed by atoms with E-state index < -0.39 is 0 Å². The van der Waals surface area contributed by atoms with Gasteiger partial charge in [-0.05, 0) is 16.7 Å². The van der Waals surface area contributed by atoms with Crippen LogP contribution < -0.4 is 0 Å². The molecule has 1 aromatic rings. The molecule has 43 valence electrons. The SMILES string of the molecule is CSCn1[c]nnn1. The molecule has 0 saturated heterocycles. The standard InChI is InChI=1S/C3H5N4S/c1-8-3-7-2-4-5-6-7/h3H2,1H3. The highest BCUT2D eigenvalue weighted by Gasteiger charge is 1.86. The molecule has 0 saturated carbocycles. The Balaban J connectivity index is 2.50. The molecule has 0 bridgehead atoms. The predicted molar refractivity (Wildman–Crippen MR) is 30.2 cm³/mol. The molecule has 0 unspecified atom stereocenters. The van der Waals surface area contributed by atoms with Gasteiger partial charge in [0.15, 0.2) is 0 Å². The summed E-state index contributed by atoms with van der Waals surface area (Å²) >= 11 is 1.65. The number of hydrogen-bond donors (Lipinski definition) is 0. The maximum atomic E-state index is 3.59. The van der Waals surface area contributed by atoms with Crippen molar-refractivity contribution in [1.82, 2.24) is 20.2 Å². The van der Waals surface area contributed by atoms with Crippen LogP contribution in [0.15, 0.2) is 0 Å². The van der Waals surface area contributed by atoms with E-state index in [-0.39, 0.29) is 0 Å². The molecule has 0 amide bonds. The summed E-state index contributed by atoms with van der Waals surface area (Å²) in [6, 6.07) is 0. The monoisotopic (exact) mass is 129 g/mol. The molecule has 0 aliphatic rings. The minimum atomic E-state index is 0.771. The quantitative estimate of drug-likeness (QED) is 0.554.